The van der Waals surface area contributed by atoms with Crippen molar-refractivity contribution in [3.63, 3.8) is 0 Å². The molecule has 0 saturated carbocycles. The van der Waals surface area contributed by atoms with Crippen molar-refractivity contribution in [3.05, 3.63) is 29.8 Å². The van der Waals surface area contributed by atoms with E-state index in [2.05, 4.69) is 31.1 Å². The molecule has 0 saturated heterocycles. The Hall–Kier alpha value is -1.51. The van der Waals surface area contributed by atoms with Crippen molar-refractivity contribution in [3.8, 4) is 5.75 Å². The number of hydrogen-bond acceptors (Lipinski definition) is 3. The zero-order valence-corrected chi connectivity index (χ0v) is 13.0. The average Bonchev–Trinajstić information content (AvgIpc) is 2.49. The largest absolute Gasteiger partial charge is 0.490 e. The maximum atomic E-state index is 5.60. The molecule has 0 aliphatic rings. The van der Waals surface area contributed by atoms with E-state index >= 15 is 0 Å². The molecule has 3 heteroatoms. The third-order valence-corrected chi connectivity index (χ3v) is 3.38. The van der Waals surface area contributed by atoms with Crippen LogP contribution in [0.2, 0.25) is 0 Å². The molecule has 1 rings (SSSR count). The molecule has 0 aliphatic heterocycles. The Bertz CT molecular complexity index is 369. The van der Waals surface area contributed by atoms with Gasteiger partial charge in [0.1, 0.15) is 12.4 Å². The highest BCUT2D eigenvalue weighted by atomic mass is 16.6. The normalized spacial score (nSPS) is 11.2. The van der Waals surface area contributed by atoms with Crippen LogP contribution < -0.4 is 4.74 Å². The van der Waals surface area contributed by atoms with Crippen molar-refractivity contribution >= 4 is 6.21 Å². The predicted molar refractivity (Wildman–Crippen MR) is 84.4 cm³/mol. The molecule has 112 valence electrons. The van der Waals surface area contributed by atoms with E-state index in [1.54, 1.807) is 6.21 Å². The van der Waals surface area contributed by atoms with E-state index in [-0.39, 0.29) is 0 Å². The maximum absolute atomic E-state index is 5.60. The summed E-state index contributed by atoms with van der Waals surface area (Å²) in [5.74, 6) is 1.67. The minimum absolute atomic E-state index is 0.478. The van der Waals surface area contributed by atoms with Gasteiger partial charge >= 0.3 is 0 Å². The summed E-state index contributed by atoms with van der Waals surface area (Å²) >= 11 is 0. The summed E-state index contributed by atoms with van der Waals surface area (Å²) in [5.41, 5.74) is 1.38. The van der Waals surface area contributed by atoms with Crippen LogP contribution in [0.4, 0.5) is 0 Å². The zero-order valence-electron chi connectivity index (χ0n) is 13.0. The Morgan fingerprint density at radius 2 is 1.75 bits per heavy atom. The number of benzene rings is 1. The first kappa shape index (κ1) is 16.5. The summed E-state index contributed by atoms with van der Waals surface area (Å²) in [6.45, 7) is 7.53. The fourth-order valence-electron chi connectivity index (χ4n) is 2.01. The molecule has 1 aromatic rings. The van der Waals surface area contributed by atoms with E-state index in [1.165, 1.54) is 18.4 Å². The van der Waals surface area contributed by atoms with E-state index in [1.807, 2.05) is 19.1 Å². The predicted octanol–water partition coefficient (Wildman–Crippen LogP) is 4.46. The number of nitrogens with zero attached hydrogens (tertiary/aromatic N) is 1. The van der Waals surface area contributed by atoms with Crippen LogP contribution in [-0.4, -0.2) is 19.4 Å². The second-order valence-corrected chi connectivity index (χ2v) is 4.91. The lowest BCUT2D eigenvalue weighted by atomic mass is 9.95. The Morgan fingerprint density at radius 3 is 2.35 bits per heavy atom. The number of ether oxygens (including phenoxy) is 1. The van der Waals surface area contributed by atoms with Crippen LogP contribution >= 0.6 is 0 Å². The van der Waals surface area contributed by atoms with Gasteiger partial charge in [-0.15, -0.1) is 0 Å². The smallest absolute Gasteiger partial charge is 0.151 e. The quantitative estimate of drug-likeness (QED) is 0.359. The van der Waals surface area contributed by atoms with Gasteiger partial charge in [0.2, 0.25) is 0 Å². The standard InChI is InChI=1S/C17H27NO2/c1-4-11-18-20-13-12-19-17-9-7-16(8-10-17)14-15(5-2)6-3/h7-11,15H,4-6,12-14H2,1-3H3/b18-11+. The van der Waals surface area contributed by atoms with Crippen molar-refractivity contribution in [1.29, 1.82) is 0 Å². The molecule has 0 aromatic heterocycles. The third kappa shape index (κ3) is 6.60. The van der Waals surface area contributed by atoms with Crippen LogP contribution in [0, 0.1) is 5.92 Å². The van der Waals surface area contributed by atoms with E-state index in [4.69, 9.17) is 9.57 Å². The van der Waals surface area contributed by atoms with Gasteiger partial charge in [-0.3, -0.25) is 0 Å². The molecule has 20 heavy (non-hydrogen) atoms. The van der Waals surface area contributed by atoms with E-state index < -0.39 is 0 Å². The van der Waals surface area contributed by atoms with Gasteiger partial charge < -0.3 is 9.57 Å². The van der Waals surface area contributed by atoms with Gasteiger partial charge in [0, 0.05) is 6.21 Å². The van der Waals surface area contributed by atoms with E-state index in [0.717, 1.165) is 24.5 Å². The lowest BCUT2D eigenvalue weighted by Crippen LogP contribution is -2.05. The molecule has 0 fully saturated rings. The van der Waals surface area contributed by atoms with Crippen molar-refractivity contribution in [2.75, 3.05) is 13.2 Å². The molecule has 0 N–H and O–H groups in total. The van der Waals surface area contributed by atoms with Crippen LogP contribution in [0.25, 0.3) is 0 Å². The Morgan fingerprint density at radius 1 is 1.05 bits per heavy atom. The molecule has 0 heterocycles. The maximum Gasteiger partial charge on any atom is 0.151 e. The van der Waals surface area contributed by atoms with Gasteiger partial charge in [-0.05, 0) is 36.5 Å². The van der Waals surface area contributed by atoms with Crippen molar-refractivity contribution in [2.45, 2.75) is 46.5 Å². The molecule has 0 atom stereocenters. The lowest BCUT2D eigenvalue weighted by Gasteiger charge is -2.12. The second-order valence-electron chi connectivity index (χ2n) is 4.91. The van der Waals surface area contributed by atoms with E-state index in [9.17, 15) is 0 Å². The van der Waals surface area contributed by atoms with Crippen molar-refractivity contribution < 1.29 is 9.57 Å². The molecule has 0 radical (unpaired) electrons. The van der Waals surface area contributed by atoms with Crippen LogP contribution in [-0.2, 0) is 11.3 Å². The fourth-order valence-corrected chi connectivity index (χ4v) is 2.01. The molecular formula is C17H27NO2. The first-order valence-electron chi connectivity index (χ1n) is 7.65. The summed E-state index contributed by atoms with van der Waals surface area (Å²) in [6.07, 6.45) is 6.27. The molecule has 0 bridgehead atoms. The van der Waals surface area contributed by atoms with Crippen molar-refractivity contribution in [1.82, 2.24) is 0 Å². The van der Waals surface area contributed by atoms with Crippen LogP contribution in [0.5, 0.6) is 5.75 Å². The first-order chi connectivity index (χ1) is 9.80. The third-order valence-electron chi connectivity index (χ3n) is 3.38. The molecule has 3 nitrogen and oxygen atoms in total. The van der Waals surface area contributed by atoms with Crippen molar-refractivity contribution in [2.24, 2.45) is 11.1 Å². The molecular weight excluding hydrogens is 250 g/mol. The molecule has 0 spiro atoms. The molecule has 0 unspecified atom stereocenters. The number of hydrogen-bond donors (Lipinski definition) is 0. The Balaban J connectivity index is 2.29. The van der Waals surface area contributed by atoms with Gasteiger partial charge in [-0.1, -0.05) is 50.9 Å². The minimum atomic E-state index is 0.478. The zero-order chi connectivity index (χ0) is 14.6. The lowest BCUT2D eigenvalue weighted by molar-refractivity contribution is 0.108. The van der Waals surface area contributed by atoms with Gasteiger partial charge in [0.05, 0.1) is 0 Å². The molecule has 1 aromatic carbocycles. The van der Waals surface area contributed by atoms with Gasteiger partial charge in [0.25, 0.3) is 0 Å². The molecule has 0 amide bonds. The topological polar surface area (TPSA) is 30.8 Å². The van der Waals surface area contributed by atoms with Crippen LogP contribution in [0.3, 0.4) is 0 Å². The summed E-state index contributed by atoms with van der Waals surface area (Å²) in [5, 5.41) is 3.78. The van der Waals surface area contributed by atoms with Gasteiger partial charge in [-0.25, -0.2) is 0 Å². The number of rotatable bonds is 10. The van der Waals surface area contributed by atoms with Gasteiger partial charge in [-0.2, -0.15) is 0 Å². The van der Waals surface area contributed by atoms with Crippen LogP contribution in [0.1, 0.15) is 45.6 Å². The highest BCUT2D eigenvalue weighted by Gasteiger charge is 2.04. The van der Waals surface area contributed by atoms with Gasteiger partial charge in [0.15, 0.2) is 6.61 Å². The monoisotopic (exact) mass is 277 g/mol. The highest BCUT2D eigenvalue weighted by molar-refractivity contribution is 5.55. The van der Waals surface area contributed by atoms with E-state index in [0.29, 0.717) is 13.2 Å². The SMILES string of the molecule is CC/C=N/OCCOc1ccc(CC(CC)CC)cc1. The Kier molecular flexibility index (Phi) is 8.52. The summed E-state index contributed by atoms with van der Waals surface area (Å²) in [7, 11) is 0. The highest BCUT2D eigenvalue weighted by Crippen LogP contribution is 2.18. The van der Waals surface area contributed by atoms with Crippen LogP contribution in [0.15, 0.2) is 29.4 Å². The fraction of sp³-hybridized carbons (Fsp3) is 0.588. The second kappa shape index (κ2) is 10.3. The number of oxime groups is 1. The first-order valence-corrected chi connectivity index (χ1v) is 7.65. The summed E-state index contributed by atoms with van der Waals surface area (Å²) in [6, 6.07) is 8.38. The molecule has 0 aliphatic carbocycles. The Labute approximate surface area is 123 Å². The summed E-state index contributed by atoms with van der Waals surface area (Å²) < 4.78 is 5.60. The minimum Gasteiger partial charge on any atom is -0.490 e. The summed E-state index contributed by atoms with van der Waals surface area (Å²) in [4.78, 5) is 5.05. The average molecular weight is 277 g/mol.